The fraction of sp³-hybridized carbons (Fsp3) is 0.395. The van der Waals surface area contributed by atoms with Crippen LogP contribution in [0.4, 0.5) is 0 Å². The zero-order valence-corrected chi connectivity index (χ0v) is 29.9. The summed E-state index contributed by atoms with van der Waals surface area (Å²) in [5.41, 5.74) is 19.8. The molecule has 0 radical (unpaired) electrons. The number of primary amides is 1. The number of carbonyl (C=O) groups excluding carboxylic acids is 5. The number of amides is 5. The second-order valence-corrected chi connectivity index (χ2v) is 13.4. The van der Waals surface area contributed by atoms with Gasteiger partial charge in [-0.25, -0.2) is 0 Å². The molecule has 3 rings (SSSR count). The van der Waals surface area contributed by atoms with E-state index < -0.39 is 65.7 Å². The Morgan fingerprint density at radius 3 is 1.59 bits per heavy atom. The maximum atomic E-state index is 13.9. The molecule has 0 saturated heterocycles. The molecule has 0 bridgehead atoms. The van der Waals surface area contributed by atoms with Crippen molar-refractivity contribution >= 4 is 41.1 Å². The van der Waals surface area contributed by atoms with Crippen molar-refractivity contribution in [1.82, 2.24) is 21.3 Å². The zero-order valence-electron chi connectivity index (χ0n) is 29.1. The molecular weight excluding hydrogens is 670 g/mol. The van der Waals surface area contributed by atoms with E-state index in [0.29, 0.717) is 30.0 Å². The summed E-state index contributed by atoms with van der Waals surface area (Å²) < 4.78 is 0. The van der Waals surface area contributed by atoms with Crippen molar-refractivity contribution in [2.24, 2.45) is 23.1 Å². The maximum Gasteiger partial charge on any atom is 0.243 e. The standard InChI is InChI=1S/C38H50ClN7O5/c1-24(2)33(38(51)45-31(23-27-16-18-28(39)19-17-27)36(49)43-30(34(42)47)15-9-10-20-40)46-37(50)32(22-26-13-7-4-8-14-26)44-35(48)29(41)21-25-11-5-3-6-12-25/h3-8,11-14,16-19,24,29-33H,9-10,15,20-23,40-41H2,1-2H3,(H2,42,47)(H,43,49)(H,44,48)(H,45,51)(H,46,50)/t29-,30-,31-,32-,33-/m0/s1. The van der Waals surface area contributed by atoms with Crippen LogP contribution in [0.1, 0.15) is 49.8 Å². The highest BCUT2D eigenvalue weighted by Crippen LogP contribution is 2.13. The van der Waals surface area contributed by atoms with Gasteiger partial charge in [-0.3, -0.25) is 24.0 Å². The molecule has 0 spiro atoms. The van der Waals surface area contributed by atoms with E-state index in [1.54, 1.807) is 38.1 Å². The Balaban J connectivity index is 1.81. The fourth-order valence-corrected chi connectivity index (χ4v) is 5.59. The van der Waals surface area contributed by atoms with Crippen LogP contribution >= 0.6 is 11.6 Å². The first-order valence-electron chi connectivity index (χ1n) is 17.2. The lowest BCUT2D eigenvalue weighted by Crippen LogP contribution is -2.60. The second kappa shape index (κ2) is 20.8. The van der Waals surface area contributed by atoms with Crippen LogP contribution in [0.2, 0.25) is 5.02 Å². The van der Waals surface area contributed by atoms with Gasteiger partial charge >= 0.3 is 0 Å². The molecular formula is C38H50ClN7O5. The average Bonchev–Trinajstić information content (AvgIpc) is 3.10. The predicted molar refractivity (Wildman–Crippen MR) is 198 cm³/mol. The first-order chi connectivity index (χ1) is 24.4. The fourth-order valence-electron chi connectivity index (χ4n) is 5.47. The lowest BCUT2D eigenvalue weighted by atomic mass is 9.99. The van der Waals surface area contributed by atoms with Gasteiger partial charge in [-0.2, -0.15) is 0 Å². The second-order valence-electron chi connectivity index (χ2n) is 12.9. The summed E-state index contributed by atoms with van der Waals surface area (Å²) >= 11 is 6.06. The molecule has 0 aliphatic carbocycles. The summed E-state index contributed by atoms with van der Waals surface area (Å²) in [5, 5.41) is 11.5. The lowest BCUT2D eigenvalue weighted by Gasteiger charge is -2.28. The smallest absolute Gasteiger partial charge is 0.243 e. The van der Waals surface area contributed by atoms with Crippen molar-refractivity contribution in [3.8, 4) is 0 Å². The zero-order chi connectivity index (χ0) is 37.3. The van der Waals surface area contributed by atoms with Gasteiger partial charge in [0.05, 0.1) is 6.04 Å². The maximum absolute atomic E-state index is 13.9. The molecule has 0 aliphatic rings. The minimum Gasteiger partial charge on any atom is -0.368 e. The highest BCUT2D eigenvalue weighted by Gasteiger charge is 2.33. The van der Waals surface area contributed by atoms with Gasteiger partial charge in [0, 0.05) is 17.9 Å². The van der Waals surface area contributed by atoms with Gasteiger partial charge in [0.25, 0.3) is 0 Å². The summed E-state index contributed by atoms with van der Waals surface area (Å²) in [7, 11) is 0. The van der Waals surface area contributed by atoms with Gasteiger partial charge in [0.1, 0.15) is 24.2 Å². The van der Waals surface area contributed by atoms with Gasteiger partial charge in [-0.15, -0.1) is 0 Å². The normalized spacial score (nSPS) is 14.0. The van der Waals surface area contributed by atoms with E-state index in [1.165, 1.54) is 0 Å². The number of nitrogens with one attached hydrogen (secondary N) is 4. The average molecular weight is 720 g/mol. The predicted octanol–water partition coefficient (Wildman–Crippen LogP) is 1.90. The molecule has 3 aromatic rings. The van der Waals surface area contributed by atoms with E-state index in [0.717, 1.165) is 11.1 Å². The van der Waals surface area contributed by atoms with Crippen LogP contribution in [0.15, 0.2) is 84.9 Å². The quantitative estimate of drug-likeness (QED) is 0.0862. The van der Waals surface area contributed by atoms with Crippen LogP contribution in [0.3, 0.4) is 0 Å². The van der Waals surface area contributed by atoms with Gasteiger partial charge in [0.2, 0.25) is 29.5 Å². The first kappa shape index (κ1) is 40.6. The third-order valence-electron chi connectivity index (χ3n) is 8.39. The topological polar surface area (TPSA) is 212 Å². The Morgan fingerprint density at radius 2 is 1.08 bits per heavy atom. The van der Waals surface area contributed by atoms with Crippen molar-refractivity contribution in [2.45, 2.75) is 82.6 Å². The number of rotatable bonds is 20. The van der Waals surface area contributed by atoms with Gasteiger partial charge in [0.15, 0.2) is 0 Å². The third kappa shape index (κ3) is 13.8. The van der Waals surface area contributed by atoms with E-state index in [-0.39, 0.29) is 25.7 Å². The van der Waals surface area contributed by atoms with Crippen molar-refractivity contribution in [3.05, 3.63) is 107 Å². The summed E-state index contributed by atoms with van der Waals surface area (Å²) in [5.74, 6) is -3.49. The molecule has 274 valence electrons. The Labute approximate surface area is 304 Å². The highest BCUT2D eigenvalue weighted by atomic mass is 35.5. The van der Waals surface area contributed by atoms with Crippen molar-refractivity contribution in [2.75, 3.05) is 6.54 Å². The van der Waals surface area contributed by atoms with Gasteiger partial charge < -0.3 is 38.5 Å². The molecule has 0 heterocycles. The Morgan fingerprint density at radius 1 is 0.608 bits per heavy atom. The summed E-state index contributed by atoms with van der Waals surface area (Å²) in [4.78, 5) is 66.8. The molecule has 5 atom stereocenters. The number of unbranched alkanes of at least 4 members (excludes halogenated alkanes) is 1. The molecule has 0 fully saturated rings. The first-order valence-corrected chi connectivity index (χ1v) is 17.5. The van der Waals surface area contributed by atoms with Crippen molar-refractivity contribution in [1.29, 1.82) is 0 Å². The van der Waals surface area contributed by atoms with E-state index in [2.05, 4.69) is 21.3 Å². The SMILES string of the molecule is CC(C)[C@H](NC(=O)[C@H](Cc1ccccc1)NC(=O)[C@@H](N)Cc1ccccc1)C(=O)N[C@@H](Cc1ccc(Cl)cc1)C(=O)N[C@@H](CCCCN)C(N)=O. The summed E-state index contributed by atoms with van der Waals surface area (Å²) in [6, 6.07) is 20.1. The Kier molecular flexibility index (Phi) is 16.6. The summed E-state index contributed by atoms with van der Waals surface area (Å²) in [6.45, 7) is 3.92. The van der Waals surface area contributed by atoms with Crippen molar-refractivity contribution in [3.63, 3.8) is 0 Å². The number of carbonyl (C=O) groups is 5. The Hall–Kier alpha value is -4.78. The molecule has 3 aromatic carbocycles. The lowest BCUT2D eigenvalue weighted by molar-refractivity contribution is -0.135. The number of nitrogens with two attached hydrogens (primary N) is 3. The third-order valence-corrected chi connectivity index (χ3v) is 8.64. The monoisotopic (exact) mass is 719 g/mol. The minimum atomic E-state index is -1.14. The van der Waals surface area contributed by atoms with Gasteiger partial charge in [-0.05, 0) is 67.0 Å². The van der Waals surface area contributed by atoms with E-state index >= 15 is 0 Å². The van der Waals surface area contributed by atoms with Crippen molar-refractivity contribution < 1.29 is 24.0 Å². The highest BCUT2D eigenvalue weighted by molar-refractivity contribution is 6.30. The molecule has 0 unspecified atom stereocenters. The minimum absolute atomic E-state index is 0.0633. The molecule has 13 heteroatoms. The van der Waals surface area contributed by atoms with Crippen LogP contribution in [0.25, 0.3) is 0 Å². The van der Waals surface area contributed by atoms with Crippen LogP contribution < -0.4 is 38.5 Å². The molecule has 10 N–H and O–H groups in total. The largest absolute Gasteiger partial charge is 0.368 e. The van der Waals surface area contributed by atoms with E-state index in [1.807, 2.05) is 60.7 Å². The van der Waals surface area contributed by atoms with Crippen LogP contribution in [-0.2, 0) is 43.2 Å². The van der Waals surface area contributed by atoms with Crippen LogP contribution in [-0.4, -0.2) is 66.3 Å². The van der Waals surface area contributed by atoms with E-state index in [4.69, 9.17) is 28.8 Å². The van der Waals surface area contributed by atoms with Gasteiger partial charge in [-0.1, -0.05) is 98.2 Å². The number of halogens is 1. The van der Waals surface area contributed by atoms with Crippen LogP contribution in [0.5, 0.6) is 0 Å². The number of benzene rings is 3. The molecule has 5 amide bonds. The number of hydrogen-bond acceptors (Lipinski definition) is 7. The number of hydrogen-bond donors (Lipinski definition) is 7. The van der Waals surface area contributed by atoms with E-state index in [9.17, 15) is 24.0 Å². The molecule has 0 aliphatic heterocycles. The molecule has 0 aromatic heterocycles. The summed E-state index contributed by atoms with van der Waals surface area (Å²) in [6.07, 6.45) is 1.97. The molecule has 12 nitrogen and oxygen atoms in total. The Bertz CT molecular complexity index is 1570. The molecule has 51 heavy (non-hydrogen) atoms. The molecule has 0 saturated carbocycles. The van der Waals surface area contributed by atoms with Crippen LogP contribution in [0, 0.1) is 5.92 Å².